The fourth-order valence-corrected chi connectivity index (χ4v) is 4.31. The molecule has 4 rings (SSSR count). The first-order chi connectivity index (χ1) is 14.1. The van der Waals surface area contributed by atoms with Crippen LogP contribution in [0.5, 0.6) is 0 Å². The first kappa shape index (κ1) is 19.4. The topological polar surface area (TPSA) is 45.7 Å². The quantitative estimate of drug-likeness (QED) is 0.661. The summed E-state index contributed by atoms with van der Waals surface area (Å²) < 4.78 is 0. The second kappa shape index (κ2) is 8.62. The van der Waals surface area contributed by atoms with Gasteiger partial charge in [-0.15, -0.1) is 0 Å². The summed E-state index contributed by atoms with van der Waals surface area (Å²) in [6, 6.07) is 25.0. The fourth-order valence-electron chi connectivity index (χ4n) is 4.31. The molecule has 29 heavy (non-hydrogen) atoms. The molecule has 0 fully saturated rings. The second-order valence-electron chi connectivity index (χ2n) is 8.09. The lowest BCUT2D eigenvalue weighted by Crippen LogP contribution is -2.88. The average Bonchev–Trinajstić information content (AvgIpc) is 2.75. The molecule has 0 aliphatic heterocycles. The van der Waals surface area contributed by atoms with Crippen molar-refractivity contribution in [3.8, 4) is 0 Å². The van der Waals surface area contributed by atoms with E-state index in [0.29, 0.717) is 6.04 Å². The van der Waals surface area contributed by atoms with E-state index in [1.807, 2.05) is 31.2 Å². The lowest BCUT2D eigenvalue weighted by atomic mass is 9.87. The van der Waals surface area contributed by atoms with E-state index in [1.165, 1.54) is 11.1 Å². The number of anilines is 1. The first-order valence-electron chi connectivity index (χ1n) is 10.5. The zero-order valence-electron chi connectivity index (χ0n) is 17.2. The highest BCUT2D eigenvalue weighted by Gasteiger charge is 2.31. The van der Waals surface area contributed by atoms with Crippen LogP contribution in [0.2, 0.25) is 0 Å². The minimum absolute atomic E-state index is 0.0351. The third-order valence-corrected chi connectivity index (χ3v) is 5.93. The van der Waals surface area contributed by atoms with Crippen LogP contribution in [0.3, 0.4) is 0 Å². The van der Waals surface area contributed by atoms with Gasteiger partial charge < -0.3 is 10.6 Å². The number of benzene rings is 3. The Morgan fingerprint density at radius 3 is 2.59 bits per heavy atom. The Morgan fingerprint density at radius 2 is 1.76 bits per heavy atom. The van der Waals surface area contributed by atoms with Gasteiger partial charge in [0, 0.05) is 23.2 Å². The van der Waals surface area contributed by atoms with Gasteiger partial charge in [-0.25, -0.2) is 0 Å². The van der Waals surface area contributed by atoms with E-state index in [9.17, 15) is 4.79 Å². The molecule has 1 aliphatic carbocycles. The van der Waals surface area contributed by atoms with E-state index in [4.69, 9.17) is 0 Å². The number of hydrogen-bond donors (Lipinski definition) is 2. The molecule has 0 aromatic heterocycles. The predicted molar refractivity (Wildman–Crippen MR) is 118 cm³/mol. The van der Waals surface area contributed by atoms with Gasteiger partial charge in [0.15, 0.2) is 6.04 Å². The van der Waals surface area contributed by atoms with Crippen LogP contribution in [0.4, 0.5) is 5.69 Å². The fraction of sp³-hybridized carbons (Fsp3) is 0.269. The van der Waals surface area contributed by atoms with E-state index in [2.05, 4.69) is 66.1 Å². The lowest BCUT2D eigenvalue weighted by Gasteiger charge is -2.27. The van der Waals surface area contributed by atoms with Gasteiger partial charge in [-0.2, -0.15) is 0 Å². The van der Waals surface area contributed by atoms with Crippen molar-refractivity contribution in [1.82, 2.24) is 0 Å². The van der Waals surface area contributed by atoms with Gasteiger partial charge in [-0.3, -0.25) is 4.79 Å². The Balaban J connectivity index is 1.63. The molecule has 3 aromatic rings. The van der Waals surface area contributed by atoms with Crippen LogP contribution in [0, 0.1) is 13.8 Å². The monoisotopic (exact) mass is 385 g/mol. The van der Waals surface area contributed by atoms with Gasteiger partial charge in [0.1, 0.15) is 6.04 Å². The summed E-state index contributed by atoms with van der Waals surface area (Å²) in [6.07, 6.45) is 3.39. The van der Waals surface area contributed by atoms with Crippen molar-refractivity contribution in [2.75, 3.05) is 5.32 Å². The molecule has 3 heteroatoms. The molecule has 1 amide bonds. The van der Waals surface area contributed by atoms with E-state index in [0.717, 1.165) is 41.6 Å². The second-order valence-corrected chi connectivity index (χ2v) is 8.09. The maximum absolute atomic E-state index is 13.4. The third kappa shape index (κ3) is 4.41. The van der Waals surface area contributed by atoms with Gasteiger partial charge >= 0.3 is 0 Å². The summed E-state index contributed by atoms with van der Waals surface area (Å²) in [5.41, 5.74) is 6.96. The van der Waals surface area contributed by atoms with Crippen molar-refractivity contribution >= 4 is 11.6 Å². The minimum atomic E-state index is -0.285. The summed E-state index contributed by atoms with van der Waals surface area (Å²) in [7, 11) is 0. The van der Waals surface area contributed by atoms with E-state index >= 15 is 0 Å². The molecule has 0 radical (unpaired) electrons. The standard InChI is InChI=1S/C26H28N2O/c1-18-15-16-19(2)24(17-18)28-26(29)25(21-10-4-3-5-11-21)27-23-14-8-12-20-9-6-7-13-22(20)23/h3-7,9-11,13,15-17,23,25,27H,8,12,14H2,1-2H3,(H,28,29)/p+1/t23-,25-/m0/s1. The molecule has 0 spiro atoms. The van der Waals surface area contributed by atoms with Gasteiger partial charge in [0.2, 0.25) is 0 Å². The molecule has 0 saturated heterocycles. The van der Waals surface area contributed by atoms with Crippen LogP contribution >= 0.6 is 0 Å². The normalized spacial score (nSPS) is 16.7. The summed E-state index contributed by atoms with van der Waals surface area (Å²) >= 11 is 0. The van der Waals surface area contributed by atoms with Gasteiger partial charge in [-0.05, 0) is 49.4 Å². The molecule has 3 aromatic carbocycles. The van der Waals surface area contributed by atoms with Gasteiger partial charge in [0.25, 0.3) is 5.91 Å². The van der Waals surface area contributed by atoms with Crippen molar-refractivity contribution in [1.29, 1.82) is 0 Å². The number of carbonyl (C=O) groups is 1. The number of quaternary nitrogens is 1. The first-order valence-corrected chi connectivity index (χ1v) is 10.5. The van der Waals surface area contributed by atoms with Crippen molar-refractivity contribution in [2.24, 2.45) is 0 Å². The number of rotatable bonds is 5. The van der Waals surface area contributed by atoms with Crippen LogP contribution in [-0.4, -0.2) is 5.91 Å². The summed E-state index contributed by atoms with van der Waals surface area (Å²) in [4.78, 5) is 13.4. The molecule has 0 unspecified atom stereocenters. The number of amides is 1. The highest BCUT2D eigenvalue weighted by molar-refractivity contribution is 5.95. The van der Waals surface area contributed by atoms with Crippen LogP contribution in [0.25, 0.3) is 0 Å². The molecule has 0 heterocycles. The Kier molecular flexibility index (Phi) is 5.77. The summed E-state index contributed by atoms with van der Waals surface area (Å²) in [5, 5.41) is 5.45. The minimum Gasteiger partial charge on any atom is -0.326 e. The Hall–Kier alpha value is -2.91. The maximum Gasteiger partial charge on any atom is 0.287 e. The van der Waals surface area contributed by atoms with Crippen LogP contribution in [-0.2, 0) is 11.2 Å². The molecule has 0 bridgehead atoms. The van der Waals surface area contributed by atoms with E-state index in [-0.39, 0.29) is 11.9 Å². The van der Waals surface area contributed by atoms with Gasteiger partial charge in [-0.1, -0.05) is 66.7 Å². The maximum atomic E-state index is 13.4. The number of hydrogen-bond acceptors (Lipinski definition) is 1. The molecule has 148 valence electrons. The van der Waals surface area contributed by atoms with Crippen LogP contribution in [0.1, 0.15) is 52.7 Å². The number of nitrogens with two attached hydrogens (primary N) is 1. The number of fused-ring (bicyclic) bond motifs is 1. The Bertz CT molecular complexity index is 997. The molecular formula is C26H29N2O+. The van der Waals surface area contributed by atoms with Crippen molar-refractivity contribution in [3.05, 3.63) is 101 Å². The van der Waals surface area contributed by atoms with Crippen LogP contribution < -0.4 is 10.6 Å². The zero-order chi connectivity index (χ0) is 20.2. The SMILES string of the molecule is Cc1ccc(C)c(NC(=O)[C@@H]([NH2+][C@H]2CCCc3ccccc32)c2ccccc2)c1. The smallest absolute Gasteiger partial charge is 0.287 e. The number of nitrogens with one attached hydrogen (secondary N) is 1. The number of aryl methyl sites for hydroxylation is 3. The third-order valence-electron chi connectivity index (χ3n) is 5.93. The van der Waals surface area contributed by atoms with Crippen LogP contribution in [0.15, 0.2) is 72.8 Å². The number of carbonyl (C=O) groups excluding carboxylic acids is 1. The highest BCUT2D eigenvalue weighted by atomic mass is 16.2. The highest BCUT2D eigenvalue weighted by Crippen LogP contribution is 2.28. The largest absolute Gasteiger partial charge is 0.326 e. The van der Waals surface area contributed by atoms with Crippen molar-refractivity contribution in [3.63, 3.8) is 0 Å². The molecule has 1 aliphatic rings. The molecule has 2 atom stereocenters. The lowest BCUT2D eigenvalue weighted by molar-refractivity contribution is -0.723. The van der Waals surface area contributed by atoms with Gasteiger partial charge in [0.05, 0.1) is 0 Å². The van der Waals surface area contributed by atoms with Crippen molar-refractivity contribution < 1.29 is 10.1 Å². The average molecular weight is 386 g/mol. The molecule has 3 N–H and O–H groups in total. The zero-order valence-corrected chi connectivity index (χ0v) is 17.2. The summed E-state index contributed by atoms with van der Waals surface area (Å²) in [6.45, 7) is 4.09. The Labute approximate surface area is 173 Å². The van der Waals surface area contributed by atoms with E-state index in [1.54, 1.807) is 0 Å². The summed E-state index contributed by atoms with van der Waals surface area (Å²) in [5.74, 6) is 0.0351. The molecular weight excluding hydrogens is 356 g/mol. The molecule has 0 saturated carbocycles. The predicted octanol–water partition coefficient (Wildman–Crippen LogP) is 4.62. The Morgan fingerprint density at radius 1 is 1.00 bits per heavy atom. The van der Waals surface area contributed by atoms with Crippen molar-refractivity contribution in [2.45, 2.75) is 45.2 Å². The molecule has 3 nitrogen and oxygen atoms in total. The van der Waals surface area contributed by atoms with E-state index < -0.39 is 0 Å².